The van der Waals surface area contributed by atoms with Gasteiger partial charge >= 0.3 is 0 Å². The smallest absolute Gasteiger partial charge is 0.0485 e. The Morgan fingerprint density at radius 3 is 2.67 bits per heavy atom. The van der Waals surface area contributed by atoms with Crippen LogP contribution in [0.1, 0.15) is 18.4 Å². The Balaban J connectivity index is 2.08. The van der Waals surface area contributed by atoms with Crippen LogP contribution in [0.4, 0.5) is 5.69 Å². The molecule has 0 radical (unpaired) electrons. The van der Waals surface area contributed by atoms with E-state index in [1.54, 1.807) is 0 Å². The van der Waals surface area contributed by atoms with Crippen molar-refractivity contribution in [1.82, 2.24) is 0 Å². The van der Waals surface area contributed by atoms with E-state index in [1.165, 1.54) is 11.3 Å². The van der Waals surface area contributed by atoms with Crippen LogP contribution in [-0.2, 0) is 4.74 Å². The second-order valence-electron chi connectivity index (χ2n) is 4.29. The Bertz CT molecular complexity index is 318. The standard InChI is InChI=1S/C13H19NO/c1-11-4-3-5-13(10-11)14(2)12-6-8-15-9-7-12/h3-5,10,12H,6-9H2,1-2H3. The highest BCUT2D eigenvalue weighted by molar-refractivity contribution is 5.48. The molecule has 0 aromatic heterocycles. The Kier molecular flexibility index (Phi) is 3.27. The Hall–Kier alpha value is -1.02. The summed E-state index contributed by atoms with van der Waals surface area (Å²) < 4.78 is 5.38. The van der Waals surface area contributed by atoms with E-state index in [0.29, 0.717) is 6.04 Å². The van der Waals surface area contributed by atoms with Crippen molar-refractivity contribution in [2.75, 3.05) is 25.2 Å². The zero-order chi connectivity index (χ0) is 10.7. The van der Waals surface area contributed by atoms with Crippen molar-refractivity contribution in [3.05, 3.63) is 29.8 Å². The Labute approximate surface area is 91.9 Å². The van der Waals surface area contributed by atoms with Gasteiger partial charge in [-0.15, -0.1) is 0 Å². The van der Waals surface area contributed by atoms with E-state index in [1.807, 2.05) is 0 Å². The summed E-state index contributed by atoms with van der Waals surface area (Å²) in [5, 5.41) is 0. The molecule has 2 heteroatoms. The molecule has 0 unspecified atom stereocenters. The minimum atomic E-state index is 0.639. The van der Waals surface area contributed by atoms with Crippen LogP contribution in [0, 0.1) is 6.92 Å². The van der Waals surface area contributed by atoms with Gasteiger partial charge in [0, 0.05) is 32.0 Å². The van der Waals surface area contributed by atoms with Crippen molar-refractivity contribution in [2.24, 2.45) is 0 Å². The Morgan fingerprint density at radius 1 is 1.27 bits per heavy atom. The molecule has 82 valence electrons. The second kappa shape index (κ2) is 4.67. The maximum absolute atomic E-state index is 5.38. The van der Waals surface area contributed by atoms with E-state index >= 15 is 0 Å². The van der Waals surface area contributed by atoms with Gasteiger partial charge < -0.3 is 9.64 Å². The molecule has 2 rings (SSSR count). The average Bonchev–Trinajstić information content (AvgIpc) is 2.29. The van der Waals surface area contributed by atoms with Crippen molar-refractivity contribution >= 4 is 5.69 Å². The van der Waals surface area contributed by atoms with Gasteiger partial charge in [-0.2, -0.15) is 0 Å². The predicted molar refractivity (Wildman–Crippen MR) is 63.4 cm³/mol. The molecule has 0 spiro atoms. The zero-order valence-corrected chi connectivity index (χ0v) is 9.57. The maximum Gasteiger partial charge on any atom is 0.0485 e. The molecular weight excluding hydrogens is 186 g/mol. The van der Waals surface area contributed by atoms with Crippen molar-refractivity contribution in [2.45, 2.75) is 25.8 Å². The molecular formula is C13H19NO. The molecule has 15 heavy (non-hydrogen) atoms. The second-order valence-corrected chi connectivity index (χ2v) is 4.29. The van der Waals surface area contributed by atoms with Gasteiger partial charge in [0.15, 0.2) is 0 Å². The summed E-state index contributed by atoms with van der Waals surface area (Å²) in [4.78, 5) is 2.38. The molecule has 1 aromatic rings. The maximum atomic E-state index is 5.38. The number of anilines is 1. The summed E-state index contributed by atoms with van der Waals surface area (Å²) in [6, 6.07) is 9.33. The highest BCUT2D eigenvalue weighted by Gasteiger charge is 2.18. The van der Waals surface area contributed by atoms with Gasteiger partial charge in [0.05, 0.1) is 0 Å². The summed E-state index contributed by atoms with van der Waals surface area (Å²) >= 11 is 0. The van der Waals surface area contributed by atoms with Crippen molar-refractivity contribution in [3.63, 3.8) is 0 Å². The van der Waals surface area contributed by atoms with Gasteiger partial charge in [0.1, 0.15) is 0 Å². The normalized spacial score (nSPS) is 17.7. The number of ether oxygens (including phenoxy) is 1. The molecule has 1 fully saturated rings. The van der Waals surface area contributed by atoms with Crippen molar-refractivity contribution < 1.29 is 4.74 Å². The molecule has 2 nitrogen and oxygen atoms in total. The third kappa shape index (κ3) is 2.51. The first-order valence-corrected chi connectivity index (χ1v) is 5.64. The molecule has 0 aliphatic carbocycles. The average molecular weight is 205 g/mol. The molecule has 1 heterocycles. The lowest BCUT2D eigenvalue weighted by Gasteiger charge is -2.33. The van der Waals surface area contributed by atoms with Gasteiger partial charge in [0.25, 0.3) is 0 Å². The fourth-order valence-electron chi connectivity index (χ4n) is 2.13. The zero-order valence-electron chi connectivity index (χ0n) is 9.57. The number of benzene rings is 1. The first-order valence-electron chi connectivity index (χ1n) is 5.64. The number of rotatable bonds is 2. The molecule has 1 saturated heterocycles. The summed E-state index contributed by atoms with van der Waals surface area (Å²) in [5.41, 5.74) is 2.65. The minimum Gasteiger partial charge on any atom is -0.381 e. The molecule has 0 atom stereocenters. The van der Waals surface area contributed by atoms with Crippen molar-refractivity contribution in [3.8, 4) is 0 Å². The van der Waals surface area contributed by atoms with Crippen LogP contribution in [0.25, 0.3) is 0 Å². The molecule has 0 bridgehead atoms. The van der Waals surface area contributed by atoms with Gasteiger partial charge in [-0.3, -0.25) is 0 Å². The molecule has 1 aliphatic heterocycles. The topological polar surface area (TPSA) is 12.5 Å². The largest absolute Gasteiger partial charge is 0.381 e. The number of hydrogen-bond acceptors (Lipinski definition) is 2. The Morgan fingerprint density at radius 2 is 2.00 bits per heavy atom. The molecule has 0 saturated carbocycles. The van der Waals surface area contributed by atoms with E-state index < -0.39 is 0 Å². The van der Waals surface area contributed by atoms with Gasteiger partial charge in [-0.05, 0) is 37.5 Å². The lowest BCUT2D eigenvalue weighted by atomic mass is 10.1. The highest BCUT2D eigenvalue weighted by atomic mass is 16.5. The summed E-state index contributed by atoms with van der Waals surface area (Å²) in [6.45, 7) is 3.95. The number of nitrogens with zero attached hydrogens (tertiary/aromatic N) is 1. The lowest BCUT2D eigenvalue weighted by molar-refractivity contribution is 0.0855. The van der Waals surface area contributed by atoms with Crippen molar-refractivity contribution in [1.29, 1.82) is 0 Å². The van der Waals surface area contributed by atoms with Gasteiger partial charge in [0.2, 0.25) is 0 Å². The van der Waals surface area contributed by atoms with Crippen LogP contribution in [0.2, 0.25) is 0 Å². The number of hydrogen-bond donors (Lipinski definition) is 0. The van der Waals surface area contributed by atoms with Crippen LogP contribution in [-0.4, -0.2) is 26.3 Å². The van der Waals surface area contributed by atoms with E-state index in [4.69, 9.17) is 4.74 Å². The lowest BCUT2D eigenvalue weighted by Crippen LogP contribution is -2.36. The predicted octanol–water partition coefficient (Wildman–Crippen LogP) is 2.61. The minimum absolute atomic E-state index is 0.639. The van der Waals surface area contributed by atoms with Crippen LogP contribution in [0.3, 0.4) is 0 Å². The third-order valence-electron chi connectivity index (χ3n) is 3.15. The SMILES string of the molecule is Cc1cccc(N(C)C2CCOCC2)c1. The van der Waals surface area contributed by atoms with E-state index in [2.05, 4.69) is 43.1 Å². The van der Waals surface area contributed by atoms with E-state index in [0.717, 1.165) is 26.1 Å². The monoisotopic (exact) mass is 205 g/mol. The fraction of sp³-hybridized carbons (Fsp3) is 0.538. The van der Waals surface area contributed by atoms with Crippen LogP contribution >= 0.6 is 0 Å². The molecule has 0 N–H and O–H groups in total. The van der Waals surface area contributed by atoms with Crippen LogP contribution in [0.5, 0.6) is 0 Å². The summed E-state index contributed by atoms with van der Waals surface area (Å²) in [7, 11) is 2.19. The van der Waals surface area contributed by atoms with E-state index in [-0.39, 0.29) is 0 Å². The quantitative estimate of drug-likeness (QED) is 0.736. The van der Waals surface area contributed by atoms with Crippen LogP contribution < -0.4 is 4.90 Å². The summed E-state index contributed by atoms with van der Waals surface area (Å²) in [5.74, 6) is 0. The highest BCUT2D eigenvalue weighted by Crippen LogP contribution is 2.21. The molecule has 1 aromatic carbocycles. The fourth-order valence-corrected chi connectivity index (χ4v) is 2.13. The number of aryl methyl sites for hydroxylation is 1. The molecule has 1 aliphatic rings. The van der Waals surface area contributed by atoms with Crippen LogP contribution in [0.15, 0.2) is 24.3 Å². The van der Waals surface area contributed by atoms with Gasteiger partial charge in [-0.1, -0.05) is 12.1 Å². The third-order valence-corrected chi connectivity index (χ3v) is 3.15. The van der Waals surface area contributed by atoms with Gasteiger partial charge in [-0.25, -0.2) is 0 Å². The first-order chi connectivity index (χ1) is 7.27. The first kappa shape index (κ1) is 10.5. The summed E-state index contributed by atoms with van der Waals surface area (Å²) in [6.07, 6.45) is 2.29. The van der Waals surface area contributed by atoms with E-state index in [9.17, 15) is 0 Å². The molecule has 0 amide bonds.